The van der Waals surface area contributed by atoms with Gasteiger partial charge in [-0.1, -0.05) is 35.3 Å². The summed E-state index contributed by atoms with van der Waals surface area (Å²) in [4.78, 5) is 11.6. The van der Waals surface area contributed by atoms with Crippen molar-refractivity contribution >= 4 is 29.2 Å². The second-order valence-electron chi connectivity index (χ2n) is 4.66. The summed E-state index contributed by atoms with van der Waals surface area (Å²) in [6.07, 6.45) is 0. The Morgan fingerprint density at radius 2 is 1.83 bits per heavy atom. The maximum Gasteiger partial charge on any atom is 0.315 e. The Labute approximate surface area is 143 Å². The van der Waals surface area contributed by atoms with Crippen LogP contribution in [-0.2, 0) is 6.54 Å². The lowest BCUT2D eigenvalue weighted by Crippen LogP contribution is -2.37. The van der Waals surface area contributed by atoms with Gasteiger partial charge < -0.3 is 15.4 Å². The molecule has 0 fully saturated rings. The lowest BCUT2D eigenvalue weighted by molar-refractivity contribution is 0.236. The van der Waals surface area contributed by atoms with Crippen LogP contribution in [0.1, 0.15) is 5.56 Å². The minimum atomic E-state index is -0.429. The predicted octanol–water partition coefficient (Wildman–Crippen LogP) is 4.01. The number of amides is 2. The summed E-state index contributed by atoms with van der Waals surface area (Å²) in [5, 5.41) is 6.20. The first-order valence-electron chi connectivity index (χ1n) is 6.88. The van der Waals surface area contributed by atoms with Crippen molar-refractivity contribution in [2.45, 2.75) is 6.54 Å². The Kier molecular flexibility index (Phi) is 6.50. The molecule has 7 heteroatoms. The van der Waals surface area contributed by atoms with Gasteiger partial charge >= 0.3 is 6.03 Å². The molecule has 2 aromatic carbocycles. The van der Waals surface area contributed by atoms with E-state index in [0.717, 1.165) is 5.56 Å². The molecular formula is C16H15Cl2FN2O2. The fraction of sp³-hybridized carbons (Fsp3) is 0.188. The number of rotatable bonds is 6. The van der Waals surface area contributed by atoms with Crippen molar-refractivity contribution in [3.05, 3.63) is 63.9 Å². The minimum absolute atomic E-state index is 0.192. The highest BCUT2D eigenvalue weighted by Crippen LogP contribution is 2.24. The normalized spacial score (nSPS) is 10.2. The van der Waals surface area contributed by atoms with Crippen molar-refractivity contribution < 1.29 is 13.9 Å². The molecule has 0 radical (unpaired) electrons. The standard InChI is InChI=1S/C16H15Cl2FN2O2/c17-12-3-1-11(2-4-12)10-21-16(22)20-7-8-23-15-6-5-13(19)9-14(15)18/h1-6,9H,7-8,10H2,(H2,20,21,22). The molecule has 2 N–H and O–H groups in total. The summed E-state index contributed by atoms with van der Waals surface area (Å²) in [6, 6.07) is 10.8. The van der Waals surface area contributed by atoms with Crippen molar-refractivity contribution in [3.8, 4) is 5.75 Å². The highest BCUT2D eigenvalue weighted by Gasteiger charge is 2.04. The average Bonchev–Trinajstić information content (AvgIpc) is 2.52. The Bertz CT molecular complexity index is 666. The van der Waals surface area contributed by atoms with E-state index in [-0.39, 0.29) is 17.7 Å². The Balaban J connectivity index is 1.65. The van der Waals surface area contributed by atoms with Gasteiger partial charge in [-0.15, -0.1) is 0 Å². The molecule has 2 aromatic rings. The van der Waals surface area contributed by atoms with E-state index in [1.54, 1.807) is 12.1 Å². The van der Waals surface area contributed by atoms with Crippen LogP contribution in [-0.4, -0.2) is 19.2 Å². The van der Waals surface area contributed by atoms with E-state index in [1.807, 2.05) is 12.1 Å². The Hall–Kier alpha value is -1.98. The first-order valence-corrected chi connectivity index (χ1v) is 7.64. The molecule has 122 valence electrons. The molecular weight excluding hydrogens is 342 g/mol. The van der Waals surface area contributed by atoms with Crippen LogP contribution in [0, 0.1) is 5.82 Å². The number of hydrogen-bond donors (Lipinski definition) is 2. The number of urea groups is 1. The summed E-state index contributed by atoms with van der Waals surface area (Å²) in [5.74, 6) is -0.0570. The molecule has 0 atom stereocenters. The topological polar surface area (TPSA) is 50.4 Å². The smallest absolute Gasteiger partial charge is 0.315 e. The lowest BCUT2D eigenvalue weighted by Gasteiger charge is -2.10. The van der Waals surface area contributed by atoms with Gasteiger partial charge in [-0.3, -0.25) is 0 Å². The van der Waals surface area contributed by atoms with Gasteiger partial charge in [0.15, 0.2) is 0 Å². The van der Waals surface area contributed by atoms with Crippen molar-refractivity contribution in [3.63, 3.8) is 0 Å². The van der Waals surface area contributed by atoms with E-state index < -0.39 is 5.82 Å². The zero-order valence-electron chi connectivity index (χ0n) is 12.1. The molecule has 4 nitrogen and oxygen atoms in total. The van der Waals surface area contributed by atoms with Gasteiger partial charge in [0.2, 0.25) is 0 Å². The number of halogens is 3. The molecule has 0 spiro atoms. The third-order valence-electron chi connectivity index (χ3n) is 2.91. The first-order chi connectivity index (χ1) is 11.0. The second kappa shape index (κ2) is 8.60. The molecule has 2 rings (SSSR count). The van der Waals surface area contributed by atoms with Gasteiger partial charge in [-0.05, 0) is 35.9 Å². The molecule has 0 bridgehead atoms. The number of carbonyl (C=O) groups is 1. The minimum Gasteiger partial charge on any atom is -0.490 e. The van der Waals surface area contributed by atoms with Gasteiger partial charge in [-0.2, -0.15) is 0 Å². The Morgan fingerprint density at radius 1 is 1.09 bits per heavy atom. The monoisotopic (exact) mass is 356 g/mol. The van der Waals surface area contributed by atoms with E-state index in [4.69, 9.17) is 27.9 Å². The van der Waals surface area contributed by atoms with Crippen LogP contribution >= 0.6 is 23.2 Å². The van der Waals surface area contributed by atoms with Crippen LogP contribution < -0.4 is 15.4 Å². The van der Waals surface area contributed by atoms with Crippen molar-refractivity contribution in [1.82, 2.24) is 10.6 Å². The molecule has 0 heterocycles. The van der Waals surface area contributed by atoms with E-state index in [1.165, 1.54) is 18.2 Å². The molecule has 0 aromatic heterocycles. The van der Waals surface area contributed by atoms with Gasteiger partial charge in [0.1, 0.15) is 18.2 Å². The van der Waals surface area contributed by atoms with Gasteiger partial charge in [-0.25, -0.2) is 9.18 Å². The maximum atomic E-state index is 12.9. The van der Waals surface area contributed by atoms with Gasteiger partial charge in [0, 0.05) is 11.6 Å². The molecule has 0 saturated carbocycles. The molecule has 0 aliphatic heterocycles. The summed E-state index contributed by atoms with van der Waals surface area (Å²) >= 11 is 11.6. The molecule has 0 aliphatic carbocycles. The highest BCUT2D eigenvalue weighted by atomic mass is 35.5. The number of nitrogens with one attached hydrogen (secondary N) is 2. The van der Waals surface area contributed by atoms with Crippen LogP contribution in [0.4, 0.5) is 9.18 Å². The third kappa shape index (κ3) is 5.96. The van der Waals surface area contributed by atoms with Crippen molar-refractivity contribution in [1.29, 1.82) is 0 Å². The van der Waals surface area contributed by atoms with E-state index in [0.29, 0.717) is 23.9 Å². The van der Waals surface area contributed by atoms with Gasteiger partial charge in [0.25, 0.3) is 0 Å². The van der Waals surface area contributed by atoms with Crippen LogP contribution in [0.15, 0.2) is 42.5 Å². The summed E-state index contributed by atoms with van der Waals surface area (Å²) < 4.78 is 18.2. The van der Waals surface area contributed by atoms with Crippen LogP contribution in [0.5, 0.6) is 5.75 Å². The summed E-state index contributed by atoms with van der Waals surface area (Å²) in [7, 11) is 0. The summed E-state index contributed by atoms with van der Waals surface area (Å²) in [5.41, 5.74) is 0.943. The SMILES string of the molecule is O=C(NCCOc1ccc(F)cc1Cl)NCc1ccc(Cl)cc1. The predicted molar refractivity (Wildman–Crippen MR) is 88.6 cm³/mol. The van der Waals surface area contributed by atoms with Crippen molar-refractivity contribution in [2.75, 3.05) is 13.2 Å². The second-order valence-corrected chi connectivity index (χ2v) is 5.50. The van der Waals surface area contributed by atoms with Gasteiger partial charge in [0.05, 0.1) is 11.6 Å². The highest BCUT2D eigenvalue weighted by molar-refractivity contribution is 6.32. The third-order valence-corrected chi connectivity index (χ3v) is 3.45. The van der Waals surface area contributed by atoms with E-state index in [9.17, 15) is 9.18 Å². The molecule has 0 saturated heterocycles. The zero-order chi connectivity index (χ0) is 16.7. The molecule has 0 aliphatic rings. The number of benzene rings is 2. The average molecular weight is 357 g/mol. The number of hydrogen-bond acceptors (Lipinski definition) is 2. The fourth-order valence-electron chi connectivity index (χ4n) is 1.76. The van der Waals surface area contributed by atoms with Crippen LogP contribution in [0.2, 0.25) is 10.0 Å². The molecule has 2 amide bonds. The lowest BCUT2D eigenvalue weighted by atomic mass is 10.2. The molecule has 23 heavy (non-hydrogen) atoms. The van der Waals surface area contributed by atoms with Crippen LogP contribution in [0.3, 0.4) is 0 Å². The first kappa shape index (κ1) is 17.4. The maximum absolute atomic E-state index is 12.9. The van der Waals surface area contributed by atoms with E-state index in [2.05, 4.69) is 10.6 Å². The summed E-state index contributed by atoms with van der Waals surface area (Å²) in [6.45, 7) is 0.910. The fourth-order valence-corrected chi connectivity index (χ4v) is 2.11. The van der Waals surface area contributed by atoms with E-state index >= 15 is 0 Å². The zero-order valence-corrected chi connectivity index (χ0v) is 13.6. The number of carbonyl (C=O) groups excluding carboxylic acids is 1. The largest absolute Gasteiger partial charge is 0.490 e. The quantitative estimate of drug-likeness (QED) is 0.768. The van der Waals surface area contributed by atoms with Crippen LogP contribution in [0.25, 0.3) is 0 Å². The number of ether oxygens (including phenoxy) is 1. The molecule has 0 unspecified atom stereocenters. The van der Waals surface area contributed by atoms with Crippen molar-refractivity contribution in [2.24, 2.45) is 0 Å². The Morgan fingerprint density at radius 3 is 2.52 bits per heavy atom.